The van der Waals surface area contributed by atoms with Crippen LogP contribution in [0.2, 0.25) is 5.15 Å². The fourth-order valence-electron chi connectivity index (χ4n) is 0.846. The van der Waals surface area contributed by atoms with E-state index >= 15 is 0 Å². The van der Waals surface area contributed by atoms with Crippen molar-refractivity contribution in [2.45, 2.75) is 0 Å². The maximum absolute atomic E-state index is 5.61. The molecule has 10 heavy (non-hydrogen) atoms. The number of rotatable bonds is 0. The molecule has 0 saturated heterocycles. The minimum atomic E-state index is 0.468. The molecule has 1 N–H and O–H groups in total. The van der Waals surface area contributed by atoms with Crippen LogP contribution in [0.4, 0.5) is 0 Å². The zero-order valence-electron chi connectivity index (χ0n) is 5.06. The van der Waals surface area contributed by atoms with E-state index in [1.54, 1.807) is 6.07 Å². The van der Waals surface area contributed by atoms with Gasteiger partial charge in [0.05, 0.1) is 0 Å². The molecule has 2 nitrogen and oxygen atoms in total. The Balaban J connectivity index is 2.86. The summed E-state index contributed by atoms with van der Waals surface area (Å²) in [5.41, 5.74) is 0.785. The van der Waals surface area contributed by atoms with Gasteiger partial charge >= 0.3 is 0 Å². The first-order valence-corrected chi connectivity index (χ1v) is 3.25. The van der Waals surface area contributed by atoms with Crippen molar-refractivity contribution >= 4 is 22.6 Å². The zero-order chi connectivity index (χ0) is 6.97. The highest BCUT2D eigenvalue weighted by Gasteiger charge is 1.94. The number of nitrogens with zero attached hydrogens (tertiary/aromatic N) is 1. The Hall–Kier alpha value is -1.02. The molecule has 0 unspecified atom stereocenters. The molecular formula is C7H4ClN2. The van der Waals surface area contributed by atoms with Crippen LogP contribution in [-0.4, -0.2) is 9.97 Å². The number of halogens is 1. The highest BCUT2D eigenvalue weighted by molar-refractivity contribution is 6.29. The summed E-state index contributed by atoms with van der Waals surface area (Å²) in [5.74, 6) is 0. The van der Waals surface area contributed by atoms with Gasteiger partial charge < -0.3 is 4.98 Å². The van der Waals surface area contributed by atoms with Crippen molar-refractivity contribution in [1.82, 2.24) is 9.97 Å². The zero-order valence-corrected chi connectivity index (χ0v) is 5.81. The number of hydrogen-bond donors (Lipinski definition) is 1. The van der Waals surface area contributed by atoms with Gasteiger partial charge in [-0.3, -0.25) is 0 Å². The van der Waals surface area contributed by atoms with Gasteiger partial charge in [0.25, 0.3) is 0 Å². The average molecular weight is 152 g/mol. The molecule has 0 fully saturated rings. The molecule has 2 aromatic rings. The van der Waals surface area contributed by atoms with Crippen LogP contribution < -0.4 is 0 Å². The van der Waals surface area contributed by atoms with Gasteiger partial charge in [-0.2, -0.15) is 0 Å². The Morgan fingerprint density at radius 1 is 1.60 bits per heavy atom. The van der Waals surface area contributed by atoms with Gasteiger partial charge in [-0.15, -0.1) is 0 Å². The highest BCUT2D eigenvalue weighted by atomic mass is 35.5. The third-order valence-corrected chi connectivity index (χ3v) is 1.48. The van der Waals surface area contributed by atoms with Crippen molar-refractivity contribution in [3.05, 3.63) is 29.5 Å². The normalized spacial score (nSPS) is 10.5. The minimum absolute atomic E-state index is 0.468. The molecule has 3 heteroatoms. The number of aromatic nitrogens is 2. The number of fused-ring (bicyclic) bond motifs is 1. The Labute approximate surface area is 62.8 Å². The monoisotopic (exact) mass is 151 g/mol. The lowest BCUT2D eigenvalue weighted by Gasteiger charge is -1.87. The molecule has 1 radical (unpaired) electrons. The summed E-state index contributed by atoms with van der Waals surface area (Å²) >= 11 is 5.61. The van der Waals surface area contributed by atoms with E-state index in [4.69, 9.17) is 11.6 Å². The molecule has 0 atom stereocenters. The largest absolute Gasteiger partial charge is 0.346 e. The van der Waals surface area contributed by atoms with E-state index in [0.29, 0.717) is 5.15 Å². The Morgan fingerprint density at radius 3 is 3.40 bits per heavy atom. The number of aromatic amines is 1. The molecule has 0 spiro atoms. The number of nitrogens with one attached hydrogen (secondary N) is 1. The van der Waals surface area contributed by atoms with E-state index in [1.807, 2.05) is 12.3 Å². The lowest BCUT2D eigenvalue weighted by molar-refractivity contribution is 1.32. The standard InChI is InChI=1S/C7H4ClN2/c8-6-2-1-5-3-4-9-7(5)10-6/h2-4H,(H,9,10). The first-order chi connectivity index (χ1) is 4.86. The van der Waals surface area contributed by atoms with Crippen LogP contribution in [-0.2, 0) is 0 Å². The number of hydrogen-bond acceptors (Lipinski definition) is 1. The average Bonchev–Trinajstić information content (AvgIpc) is 2.33. The molecule has 0 aliphatic carbocycles. The lowest BCUT2D eigenvalue weighted by Crippen LogP contribution is -1.75. The van der Waals surface area contributed by atoms with Crippen LogP contribution in [0, 0.1) is 6.07 Å². The lowest BCUT2D eigenvalue weighted by atomic mass is 10.3. The highest BCUT2D eigenvalue weighted by Crippen LogP contribution is 2.11. The molecule has 0 saturated carbocycles. The number of H-pyrrole nitrogens is 1. The van der Waals surface area contributed by atoms with Crippen LogP contribution in [0.15, 0.2) is 18.3 Å². The first-order valence-electron chi connectivity index (χ1n) is 2.87. The Kier molecular flexibility index (Phi) is 1.14. The minimum Gasteiger partial charge on any atom is -0.346 e. The molecule has 2 rings (SSSR count). The van der Waals surface area contributed by atoms with Crippen molar-refractivity contribution in [2.75, 3.05) is 0 Å². The van der Waals surface area contributed by atoms with Crippen molar-refractivity contribution in [3.63, 3.8) is 0 Å². The van der Waals surface area contributed by atoms with Crippen molar-refractivity contribution in [3.8, 4) is 0 Å². The Bertz CT molecular complexity index is 353. The third-order valence-electron chi connectivity index (χ3n) is 1.29. The van der Waals surface area contributed by atoms with E-state index < -0.39 is 0 Å². The smallest absolute Gasteiger partial charge is 0.139 e. The summed E-state index contributed by atoms with van der Waals surface area (Å²) in [5, 5.41) is 1.43. The molecule has 0 aromatic carbocycles. The van der Waals surface area contributed by atoms with E-state index in [9.17, 15) is 0 Å². The molecule has 0 bridgehead atoms. The van der Waals surface area contributed by atoms with Crippen LogP contribution in [0.3, 0.4) is 0 Å². The van der Waals surface area contributed by atoms with Gasteiger partial charge in [0.2, 0.25) is 0 Å². The van der Waals surface area contributed by atoms with Crippen molar-refractivity contribution < 1.29 is 0 Å². The second kappa shape index (κ2) is 1.99. The summed E-state index contributed by atoms with van der Waals surface area (Å²) < 4.78 is 0. The van der Waals surface area contributed by atoms with Gasteiger partial charge in [0.15, 0.2) is 0 Å². The van der Waals surface area contributed by atoms with Gasteiger partial charge in [-0.05, 0) is 18.2 Å². The van der Waals surface area contributed by atoms with Crippen LogP contribution in [0.25, 0.3) is 11.0 Å². The molecule has 0 amide bonds. The van der Waals surface area contributed by atoms with Gasteiger partial charge in [-0.1, -0.05) is 11.6 Å². The molecular weight excluding hydrogens is 148 g/mol. The van der Waals surface area contributed by atoms with E-state index in [2.05, 4.69) is 16.0 Å². The second-order valence-corrected chi connectivity index (χ2v) is 2.35. The quantitative estimate of drug-likeness (QED) is 0.574. The van der Waals surface area contributed by atoms with Crippen LogP contribution >= 0.6 is 11.6 Å². The van der Waals surface area contributed by atoms with Crippen molar-refractivity contribution in [2.24, 2.45) is 0 Å². The van der Waals surface area contributed by atoms with Gasteiger partial charge in [-0.25, -0.2) is 4.98 Å². The second-order valence-electron chi connectivity index (χ2n) is 1.96. The molecule has 2 aromatic heterocycles. The molecule has 0 aliphatic rings. The van der Waals surface area contributed by atoms with Crippen LogP contribution in [0.1, 0.15) is 0 Å². The fourth-order valence-corrected chi connectivity index (χ4v) is 0.985. The summed E-state index contributed by atoms with van der Waals surface area (Å²) in [6.45, 7) is 0. The van der Waals surface area contributed by atoms with Crippen molar-refractivity contribution in [1.29, 1.82) is 0 Å². The maximum atomic E-state index is 5.61. The maximum Gasteiger partial charge on any atom is 0.139 e. The predicted molar refractivity (Wildman–Crippen MR) is 39.9 cm³/mol. The Morgan fingerprint density at radius 2 is 2.50 bits per heavy atom. The summed E-state index contributed by atoms with van der Waals surface area (Å²) in [6, 6.07) is 6.53. The summed E-state index contributed by atoms with van der Waals surface area (Å²) in [7, 11) is 0. The summed E-state index contributed by atoms with van der Waals surface area (Å²) in [4.78, 5) is 6.95. The van der Waals surface area contributed by atoms with E-state index in [1.165, 1.54) is 0 Å². The SMILES string of the molecule is Clc1c[c]c2cc[nH]c2n1. The van der Waals surface area contributed by atoms with Gasteiger partial charge in [0, 0.05) is 11.6 Å². The molecule has 2 heterocycles. The third kappa shape index (κ3) is 0.772. The predicted octanol–water partition coefficient (Wildman–Crippen LogP) is 2.02. The topological polar surface area (TPSA) is 28.7 Å². The first kappa shape index (κ1) is 5.74. The molecule has 0 aliphatic heterocycles. The number of pyridine rings is 1. The molecule has 49 valence electrons. The van der Waals surface area contributed by atoms with E-state index in [0.717, 1.165) is 11.0 Å². The fraction of sp³-hybridized carbons (Fsp3) is 0. The van der Waals surface area contributed by atoms with Crippen LogP contribution in [0.5, 0.6) is 0 Å². The van der Waals surface area contributed by atoms with Gasteiger partial charge in [0.1, 0.15) is 10.8 Å². The summed E-state index contributed by atoms with van der Waals surface area (Å²) in [6.07, 6.45) is 1.81. The van der Waals surface area contributed by atoms with E-state index in [-0.39, 0.29) is 0 Å².